The summed E-state index contributed by atoms with van der Waals surface area (Å²) >= 11 is 3.40. The summed E-state index contributed by atoms with van der Waals surface area (Å²) in [7, 11) is 1.72. The molecular weight excluding hydrogens is 394 g/mol. The van der Waals surface area contributed by atoms with Crippen molar-refractivity contribution in [2.75, 3.05) is 7.05 Å². The maximum atomic E-state index is 12.7. The predicted molar refractivity (Wildman–Crippen MR) is 104 cm³/mol. The van der Waals surface area contributed by atoms with Gasteiger partial charge in [0.2, 0.25) is 0 Å². The Kier molecular flexibility index (Phi) is 5.63. The number of hydrogen-bond donors (Lipinski definition) is 0. The molecule has 6 heteroatoms. The number of benzene rings is 2. The zero-order chi connectivity index (χ0) is 18.5. The molecule has 0 radical (unpaired) electrons. The van der Waals surface area contributed by atoms with Crippen LogP contribution in [0.25, 0.3) is 0 Å². The first-order valence-electron chi connectivity index (χ1n) is 8.15. The van der Waals surface area contributed by atoms with E-state index < -0.39 is 0 Å². The lowest BCUT2D eigenvalue weighted by atomic mass is 10.2. The Labute approximate surface area is 160 Å². The number of carbonyl (C=O) groups excluding carboxylic acids is 1. The fourth-order valence-electron chi connectivity index (χ4n) is 2.56. The summed E-state index contributed by atoms with van der Waals surface area (Å²) in [6, 6.07) is 20.2. The van der Waals surface area contributed by atoms with Crippen LogP contribution < -0.4 is 5.56 Å². The lowest BCUT2D eigenvalue weighted by Crippen LogP contribution is -2.31. The SMILES string of the molecule is CN(Cc1ccc(Br)cc1)C(=O)c1ccc(=O)n(Cc2ccccc2)n1. The molecule has 1 amide bonds. The maximum Gasteiger partial charge on any atom is 0.274 e. The van der Waals surface area contributed by atoms with Crippen molar-refractivity contribution in [1.29, 1.82) is 0 Å². The van der Waals surface area contributed by atoms with Gasteiger partial charge in [0.05, 0.1) is 6.54 Å². The van der Waals surface area contributed by atoms with Gasteiger partial charge in [-0.1, -0.05) is 58.4 Å². The number of halogens is 1. The van der Waals surface area contributed by atoms with Gasteiger partial charge < -0.3 is 4.90 Å². The van der Waals surface area contributed by atoms with Crippen molar-refractivity contribution in [3.05, 3.63) is 98.4 Å². The summed E-state index contributed by atoms with van der Waals surface area (Å²) in [5.74, 6) is -0.227. The number of nitrogens with zero attached hydrogens (tertiary/aromatic N) is 3. The van der Waals surface area contributed by atoms with E-state index in [1.807, 2.05) is 54.6 Å². The van der Waals surface area contributed by atoms with Crippen molar-refractivity contribution in [2.45, 2.75) is 13.1 Å². The van der Waals surface area contributed by atoms with E-state index in [2.05, 4.69) is 21.0 Å². The second kappa shape index (κ2) is 8.10. The van der Waals surface area contributed by atoms with Crippen molar-refractivity contribution < 1.29 is 4.79 Å². The van der Waals surface area contributed by atoms with Crippen LogP contribution in [-0.4, -0.2) is 27.6 Å². The summed E-state index contributed by atoms with van der Waals surface area (Å²) in [6.07, 6.45) is 0. The summed E-state index contributed by atoms with van der Waals surface area (Å²) < 4.78 is 2.31. The highest BCUT2D eigenvalue weighted by Crippen LogP contribution is 2.12. The van der Waals surface area contributed by atoms with Crippen molar-refractivity contribution >= 4 is 21.8 Å². The van der Waals surface area contributed by atoms with Crippen LogP contribution in [0.3, 0.4) is 0 Å². The Bertz CT molecular complexity index is 953. The number of carbonyl (C=O) groups is 1. The Hall–Kier alpha value is -2.73. The van der Waals surface area contributed by atoms with E-state index in [1.54, 1.807) is 11.9 Å². The summed E-state index contributed by atoms with van der Waals surface area (Å²) in [4.78, 5) is 26.3. The van der Waals surface area contributed by atoms with E-state index in [0.717, 1.165) is 15.6 Å². The highest BCUT2D eigenvalue weighted by Gasteiger charge is 2.15. The summed E-state index contributed by atoms with van der Waals surface area (Å²) in [5.41, 5.74) is 1.98. The molecule has 0 aliphatic heterocycles. The molecule has 132 valence electrons. The molecule has 0 aliphatic rings. The molecule has 0 spiro atoms. The molecule has 0 unspecified atom stereocenters. The minimum absolute atomic E-state index is 0.227. The topological polar surface area (TPSA) is 55.2 Å². The third kappa shape index (κ3) is 4.46. The third-order valence-electron chi connectivity index (χ3n) is 3.94. The van der Waals surface area contributed by atoms with Crippen LogP contribution in [0.5, 0.6) is 0 Å². The number of amides is 1. The summed E-state index contributed by atoms with van der Waals surface area (Å²) in [6.45, 7) is 0.794. The smallest absolute Gasteiger partial charge is 0.274 e. The quantitative estimate of drug-likeness (QED) is 0.646. The van der Waals surface area contributed by atoms with Gasteiger partial charge in [0.15, 0.2) is 0 Å². The Morgan fingerprint density at radius 3 is 2.38 bits per heavy atom. The molecule has 26 heavy (non-hydrogen) atoms. The molecule has 2 aromatic carbocycles. The number of aromatic nitrogens is 2. The van der Waals surface area contributed by atoms with Gasteiger partial charge in [-0.3, -0.25) is 9.59 Å². The van der Waals surface area contributed by atoms with Gasteiger partial charge in [-0.15, -0.1) is 0 Å². The van der Waals surface area contributed by atoms with Crippen LogP contribution in [0.1, 0.15) is 21.6 Å². The average molecular weight is 412 g/mol. The molecule has 0 atom stereocenters. The third-order valence-corrected chi connectivity index (χ3v) is 4.47. The van der Waals surface area contributed by atoms with Gasteiger partial charge in [-0.2, -0.15) is 5.10 Å². The highest BCUT2D eigenvalue weighted by atomic mass is 79.9. The largest absolute Gasteiger partial charge is 0.336 e. The lowest BCUT2D eigenvalue weighted by molar-refractivity contribution is 0.0776. The molecule has 5 nitrogen and oxygen atoms in total. The van der Waals surface area contributed by atoms with Crippen molar-refractivity contribution in [1.82, 2.24) is 14.7 Å². The van der Waals surface area contributed by atoms with Gasteiger partial charge in [-0.05, 0) is 29.3 Å². The molecule has 0 saturated carbocycles. The van der Waals surface area contributed by atoms with Crippen molar-refractivity contribution in [3.63, 3.8) is 0 Å². The van der Waals surface area contributed by atoms with Gasteiger partial charge >= 0.3 is 0 Å². The molecular formula is C20H18BrN3O2. The highest BCUT2D eigenvalue weighted by molar-refractivity contribution is 9.10. The number of rotatable bonds is 5. The Balaban J connectivity index is 1.77. The standard InChI is InChI=1S/C20H18BrN3O2/c1-23(13-16-7-9-17(21)10-8-16)20(26)18-11-12-19(25)24(22-18)14-15-5-3-2-4-6-15/h2-12H,13-14H2,1H3. The van der Waals surface area contributed by atoms with Gasteiger partial charge in [0, 0.05) is 24.1 Å². The predicted octanol–water partition coefficient (Wildman–Crippen LogP) is 3.33. The second-order valence-corrected chi connectivity index (χ2v) is 6.90. The first kappa shape index (κ1) is 18.1. The first-order valence-corrected chi connectivity index (χ1v) is 8.94. The van der Waals surface area contributed by atoms with Crippen molar-refractivity contribution in [2.24, 2.45) is 0 Å². The maximum absolute atomic E-state index is 12.7. The molecule has 1 heterocycles. The molecule has 3 rings (SSSR count). The monoisotopic (exact) mass is 411 g/mol. The minimum Gasteiger partial charge on any atom is -0.336 e. The molecule has 0 bridgehead atoms. The molecule has 0 saturated heterocycles. The Morgan fingerprint density at radius 1 is 1.00 bits per heavy atom. The summed E-state index contributed by atoms with van der Waals surface area (Å²) in [5, 5.41) is 4.25. The Morgan fingerprint density at radius 2 is 1.69 bits per heavy atom. The van der Waals surface area contributed by atoms with Crippen LogP contribution in [0.2, 0.25) is 0 Å². The first-order chi connectivity index (χ1) is 12.5. The van der Waals surface area contributed by atoms with E-state index in [4.69, 9.17) is 0 Å². The van der Waals surface area contributed by atoms with Crippen LogP contribution >= 0.6 is 15.9 Å². The van der Waals surface area contributed by atoms with Crippen molar-refractivity contribution in [3.8, 4) is 0 Å². The molecule has 3 aromatic rings. The van der Waals surface area contributed by atoms with E-state index in [-0.39, 0.29) is 17.2 Å². The van der Waals surface area contributed by atoms with Gasteiger partial charge in [-0.25, -0.2) is 4.68 Å². The molecule has 0 aliphatic carbocycles. The van der Waals surface area contributed by atoms with Crippen LogP contribution in [0.15, 0.2) is 76.0 Å². The average Bonchev–Trinajstić information content (AvgIpc) is 2.65. The van der Waals surface area contributed by atoms with E-state index in [1.165, 1.54) is 16.8 Å². The molecule has 1 aromatic heterocycles. The zero-order valence-corrected chi connectivity index (χ0v) is 15.9. The molecule has 0 fully saturated rings. The molecule has 0 N–H and O–H groups in total. The van der Waals surface area contributed by atoms with Gasteiger partial charge in [0.1, 0.15) is 5.69 Å². The minimum atomic E-state index is -0.235. The van der Waals surface area contributed by atoms with E-state index in [9.17, 15) is 9.59 Å². The van der Waals surface area contributed by atoms with Crippen LogP contribution in [0, 0.1) is 0 Å². The fraction of sp³-hybridized carbons (Fsp3) is 0.150. The zero-order valence-electron chi connectivity index (χ0n) is 14.3. The van der Waals surface area contributed by atoms with E-state index in [0.29, 0.717) is 13.1 Å². The van der Waals surface area contributed by atoms with Crippen LogP contribution in [-0.2, 0) is 13.1 Å². The van der Waals surface area contributed by atoms with Crippen LogP contribution in [0.4, 0.5) is 0 Å². The van der Waals surface area contributed by atoms with E-state index >= 15 is 0 Å². The number of hydrogen-bond acceptors (Lipinski definition) is 3. The second-order valence-electron chi connectivity index (χ2n) is 5.99. The lowest BCUT2D eigenvalue weighted by Gasteiger charge is -2.17. The fourth-order valence-corrected chi connectivity index (χ4v) is 2.83. The normalized spacial score (nSPS) is 10.5. The van der Waals surface area contributed by atoms with Gasteiger partial charge in [0.25, 0.3) is 11.5 Å².